The third kappa shape index (κ3) is 2.94. The molecule has 2 aromatic rings. The van der Waals surface area contributed by atoms with Gasteiger partial charge in [-0.15, -0.1) is 11.3 Å². The first kappa shape index (κ1) is 15.5. The summed E-state index contributed by atoms with van der Waals surface area (Å²) in [6.45, 7) is 0.450. The second-order valence-electron chi connectivity index (χ2n) is 5.21. The highest BCUT2D eigenvalue weighted by atomic mass is 32.1. The summed E-state index contributed by atoms with van der Waals surface area (Å²) in [7, 11) is 0. The van der Waals surface area contributed by atoms with Crippen LogP contribution >= 0.6 is 11.3 Å². The molecule has 120 valence electrons. The number of rotatable bonds is 3. The van der Waals surface area contributed by atoms with Crippen molar-refractivity contribution in [2.45, 2.75) is 6.42 Å². The number of carbonyl (C=O) groups excluding carboxylic acids is 1. The smallest absolute Gasteiger partial charge is 0.308 e. The Morgan fingerprint density at radius 1 is 1.30 bits per heavy atom. The van der Waals surface area contributed by atoms with E-state index in [1.165, 1.54) is 16.3 Å². The number of likely N-dealkylation sites (tertiary alicyclic amines) is 1. The monoisotopic (exact) mass is 338 g/mol. The van der Waals surface area contributed by atoms with Crippen LogP contribution in [0.25, 0.3) is 10.6 Å². The molecule has 1 fully saturated rings. The van der Waals surface area contributed by atoms with Crippen molar-refractivity contribution in [3.05, 3.63) is 40.9 Å². The highest BCUT2D eigenvalue weighted by Crippen LogP contribution is 2.29. The van der Waals surface area contributed by atoms with Gasteiger partial charge in [-0.1, -0.05) is 6.07 Å². The molecule has 0 saturated carbocycles. The summed E-state index contributed by atoms with van der Waals surface area (Å²) in [5.74, 6) is -3.43. The predicted octanol–water partition coefficient (Wildman–Crippen LogP) is 2.64. The van der Waals surface area contributed by atoms with Crippen molar-refractivity contribution < 1.29 is 23.5 Å². The second kappa shape index (κ2) is 6.04. The molecule has 1 N–H and O–H groups in total. The van der Waals surface area contributed by atoms with Gasteiger partial charge in [-0.25, -0.2) is 13.8 Å². The number of carboxylic acid groups (broad SMARTS) is 1. The number of halogens is 2. The number of aromatic nitrogens is 1. The first-order valence-corrected chi connectivity index (χ1v) is 7.77. The lowest BCUT2D eigenvalue weighted by Gasteiger charge is -2.13. The molecule has 1 aromatic carbocycles. The van der Waals surface area contributed by atoms with E-state index in [1.54, 1.807) is 0 Å². The molecule has 0 aliphatic carbocycles. The Kier molecular flexibility index (Phi) is 4.08. The van der Waals surface area contributed by atoms with Crippen molar-refractivity contribution in [3.63, 3.8) is 0 Å². The lowest BCUT2D eigenvalue weighted by molar-refractivity contribution is -0.141. The van der Waals surface area contributed by atoms with E-state index in [9.17, 15) is 18.4 Å². The Hall–Kier alpha value is -2.35. The summed E-state index contributed by atoms with van der Waals surface area (Å²) in [5, 5.41) is 10.5. The van der Waals surface area contributed by atoms with Gasteiger partial charge in [-0.05, 0) is 18.6 Å². The maximum absolute atomic E-state index is 13.8. The van der Waals surface area contributed by atoms with Gasteiger partial charge in [0.2, 0.25) is 0 Å². The average molecular weight is 338 g/mol. The van der Waals surface area contributed by atoms with Crippen LogP contribution in [0.2, 0.25) is 0 Å². The van der Waals surface area contributed by atoms with Gasteiger partial charge in [0.1, 0.15) is 22.3 Å². The third-order valence-corrected chi connectivity index (χ3v) is 4.58. The number of aliphatic carboxylic acids is 1. The predicted molar refractivity (Wildman–Crippen MR) is 79.1 cm³/mol. The standard InChI is InChI=1S/C15H12F2N2O3S/c16-9-2-1-3-10(17)12(9)13-18-11(7-23-13)14(20)19-5-4-8(6-19)15(21)22/h1-3,7-8H,4-6H2,(H,21,22). The van der Waals surface area contributed by atoms with Gasteiger partial charge in [0.15, 0.2) is 0 Å². The number of benzene rings is 1. The Morgan fingerprint density at radius 2 is 2.00 bits per heavy atom. The summed E-state index contributed by atoms with van der Waals surface area (Å²) in [6.07, 6.45) is 0.389. The summed E-state index contributed by atoms with van der Waals surface area (Å²) in [6, 6.07) is 3.50. The van der Waals surface area contributed by atoms with Crippen LogP contribution in [0.5, 0.6) is 0 Å². The van der Waals surface area contributed by atoms with Crippen molar-refractivity contribution >= 4 is 23.2 Å². The maximum Gasteiger partial charge on any atom is 0.308 e. The van der Waals surface area contributed by atoms with Crippen molar-refractivity contribution in [2.24, 2.45) is 5.92 Å². The Morgan fingerprint density at radius 3 is 2.61 bits per heavy atom. The number of nitrogens with zero attached hydrogens (tertiary/aromatic N) is 2. The normalized spacial score (nSPS) is 17.5. The molecular weight excluding hydrogens is 326 g/mol. The van der Waals surface area contributed by atoms with Crippen molar-refractivity contribution in [1.29, 1.82) is 0 Å². The highest BCUT2D eigenvalue weighted by Gasteiger charge is 2.32. The summed E-state index contributed by atoms with van der Waals surface area (Å²) in [4.78, 5) is 28.7. The number of amides is 1. The average Bonchev–Trinajstić information content (AvgIpc) is 3.16. The van der Waals surface area contributed by atoms with Gasteiger partial charge in [-0.3, -0.25) is 9.59 Å². The van der Waals surface area contributed by atoms with Crippen LogP contribution in [0.15, 0.2) is 23.6 Å². The van der Waals surface area contributed by atoms with E-state index < -0.39 is 29.4 Å². The molecule has 1 aromatic heterocycles. The van der Waals surface area contributed by atoms with Gasteiger partial charge < -0.3 is 10.0 Å². The zero-order valence-electron chi connectivity index (χ0n) is 11.8. The first-order valence-electron chi connectivity index (χ1n) is 6.89. The molecule has 2 heterocycles. The maximum atomic E-state index is 13.8. The molecule has 5 nitrogen and oxygen atoms in total. The first-order chi connectivity index (χ1) is 11.0. The molecule has 0 spiro atoms. The Labute approximate surface area is 134 Å². The number of thiazole rings is 1. The van der Waals surface area contributed by atoms with E-state index in [1.807, 2.05) is 0 Å². The second-order valence-corrected chi connectivity index (χ2v) is 6.07. The molecule has 3 rings (SSSR count). The van der Waals surface area contributed by atoms with E-state index in [2.05, 4.69) is 4.98 Å². The van der Waals surface area contributed by atoms with Crippen molar-refractivity contribution in [3.8, 4) is 10.6 Å². The SMILES string of the molecule is O=C(O)C1CCN(C(=O)c2csc(-c3c(F)cccc3F)n2)C1. The number of hydrogen-bond donors (Lipinski definition) is 1. The summed E-state index contributed by atoms with van der Waals surface area (Å²) >= 11 is 0.970. The van der Waals surface area contributed by atoms with E-state index in [0.29, 0.717) is 13.0 Å². The fourth-order valence-corrected chi connectivity index (χ4v) is 3.34. The lowest BCUT2D eigenvalue weighted by Crippen LogP contribution is -2.30. The minimum Gasteiger partial charge on any atom is -0.481 e. The minimum atomic E-state index is -0.937. The number of carbonyl (C=O) groups is 2. The molecule has 1 aliphatic heterocycles. The molecule has 1 amide bonds. The Balaban J connectivity index is 1.82. The molecule has 1 saturated heterocycles. The number of carboxylic acids is 1. The molecule has 23 heavy (non-hydrogen) atoms. The van der Waals surface area contributed by atoms with Gasteiger partial charge in [-0.2, -0.15) is 0 Å². The highest BCUT2D eigenvalue weighted by molar-refractivity contribution is 7.13. The number of hydrogen-bond acceptors (Lipinski definition) is 4. The molecular formula is C15H12F2N2O3S. The quantitative estimate of drug-likeness (QED) is 0.934. The largest absolute Gasteiger partial charge is 0.481 e. The molecule has 8 heteroatoms. The van der Waals surface area contributed by atoms with Crippen LogP contribution in [0.3, 0.4) is 0 Å². The zero-order valence-corrected chi connectivity index (χ0v) is 12.6. The minimum absolute atomic E-state index is 0.0682. The topological polar surface area (TPSA) is 70.5 Å². The van der Waals surface area contributed by atoms with Gasteiger partial charge in [0.25, 0.3) is 5.91 Å². The molecule has 1 unspecified atom stereocenters. The van der Waals surface area contributed by atoms with Gasteiger partial charge in [0.05, 0.1) is 11.5 Å². The molecule has 0 bridgehead atoms. The van der Waals surface area contributed by atoms with Crippen LogP contribution in [0.1, 0.15) is 16.9 Å². The van der Waals surface area contributed by atoms with Gasteiger partial charge in [0, 0.05) is 18.5 Å². The molecule has 1 aliphatic rings. The molecule has 1 atom stereocenters. The lowest BCUT2D eigenvalue weighted by atomic mass is 10.1. The van der Waals surface area contributed by atoms with Crippen molar-refractivity contribution in [2.75, 3.05) is 13.1 Å². The van der Waals surface area contributed by atoms with Crippen LogP contribution in [-0.2, 0) is 4.79 Å². The zero-order chi connectivity index (χ0) is 16.6. The Bertz CT molecular complexity index is 758. The fraction of sp³-hybridized carbons (Fsp3) is 0.267. The van der Waals surface area contributed by atoms with E-state index in [4.69, 9.17) is 5.11 Å². The van der Waals surface area contributed by atoms with Crippen molar-refractivity contribution in [1.82, 2.24) is 9.88 Å². The van der Waals surface area contributed by atoms with E-state index in [-0.39, 0.29) is 22.8 Å². The van der Waals surface area contributed by atoms with Crippen LogP contribution < -0.4 is 0 Å². The summed E-state index contributed by atoms with van der Waals surface area (Å²) in [5.41, 5.74) is -0.194. The fourth-order valence-electron chi connectivity index (χ4n) is 2.50. The van der Waals surface area contributed by atoms with Crippen LogP contribution in [-0.4, -0.2) is 40.0 Å². The third-order valence-electron chi connectivity index (χ3n) is 3.72. The van der Waals surface area contributed by atoms with Crippen LogP contribution in [0, 0.1) is 17.6 Å². The van der Waals surface area contributed by atoms with E-state index >= 15 is 0 Å². The molecule has 0 radical (unpaired) electrons. The van der Waals surface area contributed by atoms with E-state index in [0.717, 1.165) is 23.5 Å². The van der Waals surface area contributed by atoms with Gasteiger partial charge >= 0.3 is 5.97 Å². The van der Waals surface area contributed by atoms with Crippen LogP contribution in [0.4, 0.5) is 8.78 Å². The summed E-state index contributed by atoms with van der Waals surface area (Å²) < 4.78 is 27.5.